The topological polar surface area (TPSA) is 112 Å². The minimum atomic E-state index is -0.564. The third-order valence-electron chi connectivity index (χ3n) is 3.02. The Kier molecular flexibility index (Phi) is 5.63. The molecule has 0 fully saturated rings. The fraction of sp³-hybridized carbons (Fsp3) is 0.294. The van der Waals surface area contributed by atoms with Gasteiger partial charge < -0.3 is 20.9 Å². The molecule has 1 aromatic heterocycles. The number of nitrogens with zero attached hydrogens (tertiary/aromatic N) is 1. The summed E-state index contributed by atoms with van der Waals surface area (Å²) in [5.41, 5.74) is 11.9. The number of carbonyl (C=O) groups is 1. The number of nitrogen functional groups attached to an aromatic ring is 2. The van der Waals surface area contributed by atoms with Crippen LogP contribution in [-0.4, -0.2) is 22.9 Å². The van der Waals surface area contributed by atoms with Crippen molar-refractivity contribution in [3.63, 3.8) is 0 Å². The molecule has 0 aliphatic heterocycles. The van der Waals surface area contributed by atoms with Gasteiger partial charge >= 0.3 is 6.09 Å². The molecule has 7 nitrogen and oxygen atoms in total. The lowest BCUT2D eigenvalue weighted by Gasteiger charge is -2.20. The van der Waals surface area contributed by atoms with Crippen molar-refractivity contribution in [1.29, 1.82) is 0 Å². The lowest BCUT2D eigenvalue weighted by molar-refractivity contribution is 0.0635. The maximum absolute atomic E-state index is 11.9. The highest BCUT2D eigenvalue weighted by Crippen LogP contribution is 2.34. The molecular formula is C17H22N4O3S. The molecule has 2 aromatic rings. The van der Waals surface area contributed by atoms with Crippen molar-refractivity contribution in [2.45, 2.75) is 31.3 Å². The van der Waals surface area contributed by atoms with E-state index in [1.54, 1.807) is 24.3 Å². The van der Waals surface area contributed by atoms with E-state index in [1.165, 1.54) is 18.0 Å². The van der Waals surface area contributed by atoms with Gasteiger partial charge in [0.2, 0.25) is 0 Å². The smallest absolute Gasteiger partial charge is 0.412 e. The molecule has 1 heterocycles. The Bertz CT molecular complexity index is 775. The van der Waals surface area contributed by atoms with Crippen molar-refractivity contribution in [2.24, 2.45) is 0 Å². The fourth-order valence-corrected chi connectivity index (χ4v) is 2.51. The normalized spacial score (nSPS) is 11.0. The number of pyridine rings is 1. The van der Waals surface area contributed by atoms with Gasteiger partial charge in [-0.15, -0.1) is 11.8 Å². The second-order valence-corrected chi connectivity index (χ2v) is 7.05. The first-order valence-corrected chi connectivity index (χ1v) is 8.78. The van der Waals surface area contributed by atoms with Crippen LogP contribution in [0, 0.1) is 0 Å². The summed E-state index contributed by atoms with van der Waals surface area (Å²) in [5.74, 6) is 1.20. The van der Waals surface area contributed by atoms with Crippen LogP contribution in [0.3, 0.4) is 0 Å². The van der Waals surface area contributed by atoms with Crippen LogP contribution in [0.1, 0.15) is 20.8 Å². The molecule has 134 valence electrons. The Hall–Kier alpha value is -2.61. The summed E-state index contributed by atoms with van der Waals surface area (Å²) in [7, 11) is 0. The summed E-state index contributed by atoms with van der Waals surface area (Å²) in [6, 6.07) is 6.90. The van der Waals surface area contributed by atoms with Gasteiger partial charge in [0, 0.05) is 17.2 Å². The predicted octanol–water partition coefficient (Wildman–Crippen LogP) is 4.11. The second kappa shape index (κ2) is 7.52. The predicted molar refractivity (Wildman–Crippen MR) is 101 cm³/mol. The highest BCUT2D eigenvalue weighted by molar-refractivity contribution is 7.98. The van der Waals surface area contributed by atoms with Crippen LogP contribution in [-0.2, 0) is 4.74 Å². The minimum Gasteiger partial charge on any atom is -0.455 e. The minimum absolute atomic E-state index is 0.214. The number of amides is 1. The maximum atomic E-state index is 11.9. The van der Waals surface area contributed by atoms with Crippen molar-refractivity contribution in [3.05, 3.63) is 30.5 Å². The molecule has 0 saturated carbocycles. The van der Waals surface area contributed by atoms with E-state index in [9.17, 15) is 4.79 Å². The van der Waals surface area contributed by atoms with Crippen LogP contribution in [0.4, 0.5) is 22.0 Å². The molecule has 0 aliphatic carbocycles. The summed E-state index contributed by atoms with van der Waals surface area (Å²) >= 11 is 1.47. The quantitative estimate of drug-likeness (QED) is 0.702. The summed E-state index contributed by atoms with van der Waals surface area (Å²) in [4.78, 5) is 16.7. The van der Waals surface area contributed by atoms with E-state index in [-0.39, 0.29) is 11.5 Å². The van der Waals surface area contributed by atoms with Gasteiger partial charge in [-0.05, 0) is 45.2 Å². The second-order valence-electron chi connectivity index (χ2n) is 6.20. The van der Waals surface area contributed by atoms with E-state index in [0.717, 1.165) is 4.90 Å². The Labute approximate surface area is 151 Å². The van der Waals surface area contributed by atoms with Crippen LogP contribution in [0.5, 0.6) is 11.5 Å². The monoisotopic (exact) mass is 362 g/mol. The molecule has 0 radical (unpaired) electrons. The van der Waals surface area contributed by atoms with Crippen LogP contribution >= 0.6 is 11.8 Å². The molecule has 25 heavy (non-hydrogen) atoms. The number of nitrogens with one attached hydrogen (secondary N) is 1. The molecule has 2 rings (SSSR count). The first kappa shape index (κ1) is 18.7. The molecule has 0 atom stereocenters. The van der Waals surface area contributed by atoms with E-state index < -0.39 is 11.7 Å². The van der Waals surface area contributed by atoms with Crippen LogP contribution in [0.2, 0.25) is 0 Å². The zero-order valence-electron chi connectivity index (χ0n) is 14.6. The van der Waals surface area contributed by atoms with Crippen molar-refractivity contribution in [1.82, 2.24) is 4.98 Å². The Morgan fingerprint density at radius 2 is 1.96 bits per heavy atom. The fourth-order valence-electron chi connectivity index (χ4n) is 1.94. The lowest BCUT2D eigenvalue weighted by atomic mass is 10.2. The van der Waals surface area contributed by atoms with Crippen LogP contribution in [0.25, 0.3) is 0 Å². The SMILES string of the molecule is CSc1cc(Oc2ccnc(N)c2N)ccc1NC(=O)OC(C)(C)C. The molecule has 5 N–H and O–H groups in total. The number of aromatic nitrogens is 1. The van der Waals surface area contributed by atoms with Gasteiger partial charge in [0.25, 0.3) is 0 Å². The number of carbonyl (C=O) groups excluding carboxylic acids is 1. The van der Waals surface area contributed by atoms with Crippen LogP contribution < -0.4 is 21.5 Å². The van der Waals surface area contributed by atoms with Gasteiger partial charge in [-0.25, -0.2) is 9.78 Å². The molecular weight excluding hydrogens is 340 g/mol. The molecule has 1 aromatic carbocycles. The number of rotatable bonds is 4. The standard InChI is InChI=1S/C17H22N4O3S/c1-17(2,3)24-16(22)21-11-6-5-10(9-13(11)25-4)23-12-7-8-20-15(19)14(12)18/h5-9H,18H2,1-4H3,(H2,19,20)(H,21,22). The molecule has 0 unspecified atom stereocenters. The van der Waals surface area contributed by atoms with Gasteiger partial charge in [-0.3, -0.25) is 5.32 Å². The number of hydrogen-bond donors (Lipinski definition) is 3. The third kappa shape index (κ3) is 5.18. The molecule has 8 heteroatoms. The summed E-state index contributed by atoms with van der Waals surface area (Å²) in [5, 5.41) is 2.74. The van der Waals surface area contributed by atoms with Crippen molar-refractivity contribution < 1.29 is 14.3 Å². The molecule has 1 amide bonds. The summed E-state index contributed by atoms with van der Waals surface area (Å²) in [6.45, 7) is 5.43. The van der Waals surface area contributed by atoms with Crippen LogP contribution in [0.15, 0.2) is 35.4 Å². The van der Waals surface area contributed by atoms with Gasteiger partial charge in [0.05, 0.1) is 5.69 Å². The van der Waals surface area contributed by atoms with Crippen molar-refractivity contribution >= 4 is 35.0 Å². The average molecular weight is 362 g/mol. The van der Waals surface area contributed by atoms with Gasteiger partial charge in [0.1, 0.15) is 22.9 Å². The molecule has 0 bridgehead atoms. The number of ether oxygens (including phenoxy) is 2. The van der Waals surface area contributed by atoms with Crippen molar-refractivity contribution in [3.8, 4) is 11.5 Å². The first-order chi connectivity index (χ1) is 11.7. The maximum Gasteiger partial charge on any atom is 0.412 e. The van der Waals surface area contributed by atoms with E-state index in [2.05, 4.69) is 10.3 Å². The Morgan fingerprint density at radius 3 is 2.60 bits per heavy atom. The third-order valence-corrected chi connectivity index (χ3v) is 3.79. The van der Waals surface area contributed by atoms with Crippen molar-refractivity contribution in [2.75, 3.05) is 23.0 Å². The summed E-state index contributed by atoms with van der Waals surface area (Å²) < 4.78 is 11.0. The number of benzene rings is 1. The largest absolute Gasteiger partial charge is 0.455 e. The zero-order valence-corrected chi connectivity index (χ0v) is 15.4. The number of anilines is 3. The van der Waals surface area contributed by atoms with E-state index in [0.29, 0.717) is 17.2 Å². The Morgan fingerprint density at radius 1 is 1.24 bits per heavy atom. The highest BCUT2D eigenvalue weighted by Gasteiger charge is 2.17. The highest BCUT2D eigenvalue weighted by atomic mass is 32.2. The van der Waals surface area contributed by atoms with Gasteiger partial charge in [0.15, 0.2) is 5.75 Å². The van der Waals surface area contributed by atoms with E-state index >= 15 is 0 Å². The van der Waals surface area contributed by atoms with E-state index in [1.807, 2.05) is 27.0 Å². The first-order valence-electron chi connectivity index (χ1n) is 7.55. The zero-order chi connectivity index (χ0) is 18.6. The molecule has 0 spiro atoms. The summed E-state index contributed by atoms with van der Waals surface area (Å²) in [6.07, 6.45) is 2.91. The van der Waals surface area contributed by atoms with Gasteiger partial charge in [-0.2, -0.15) is 0 Å². The lowest BCUT2D eigenvalue weighted by Crippen LogP contribution is -2.27. The number of thioether (sulfide) groups is 1. The van der Waals surface area contributed by atoms with Gasteiger partial charge in [-0.1, -0.05) is 0 Å². The number of hydrogen-bond acceptors (Lipinski definition) is 7. The van der Waals surface area contributed by atoms with E-state index in [4.69, 9.17) is 20.9 Å². The molecule has 0 aliphatic rings. The number of nitrogens with two attached hydrogens (primary N) is 2. The average Bonchev–Trinajstić information content (AvgIpc) is 2.51. The molecule has 0 saturated heterocycles. The Balaban J connectivity index is 2.19.